The largest absolute Gasteiger partial charge is 0.383 e. The van der Waals surface area contributed by atoms with Crippen molar-refractivity contribution < 1.29 is 4.74 Å². The molecular weight excluding hydrogens is 324 g/mol. The molecule has 0 aliphatic heterocycles. The van der Waals surface area contributed by atoms with Gasteiger partial charge in [-0.1, -0.05) is 0 Å². The summed E-state index contributed by atoms with van der Waals surface area (Å²) in [5.41, 5.74) is 1.57. The van der Waals surface area contributed by atoms with Gasteiger partial charge in [0.15, 0.2) is 0 Å². The zero-order valence-corrected chi connectivity index (χ0v) is 12.6. The van der Waals surface area contributed by atoms with Gasteiger partial charge in [0.25, 0.3) is 5.56 Å². The molecule has 1 N–H and O–H groups in total. The van der Waals surface area contributed by atoms with Crippen molar-refractivity contribution in [1.29, 1.82) is 0 Å². The number of ether oxygens (including phenoxy) is 1. The van der Waals surface area contributed by atoms with E-state index in [9.17, 15) is 4.79 Å². The van der Waals surface area contributed by atoms with Crippen LogP contribution in [-0.4, -0.2) is 28.5 Å². The smallest absolute Gasteiger partial charge is 0.283 e. The lowest BCUT2D eigenvalue weighted by molar-refractivity contribution is 0.181. The lowest BCUT2D eigenvalue weighted by Crippen LogP contribution is -2.26. The van der Waals surface area contributed by atoms with E-state index in [-0.39, 0.29) is 5.56 Å². The fraction of sp³-hybridized carbons (Fsp3) is 0.308. The Kier molecular flexibility index (Phi) is 5.25. The first-order valence-electron chi connectivity index (χ1n) is 6.09. The molecule has 6 nitrogen and oxygen atoms in total. The normalized spacial score (nSPS) is 10.5. The summed E-state index contributed by atoms with van der Waals surface area (Å²) in [5.74, 6) is 0. The zero-order valence-electron chi connectivity index (χ0n) is 11.0. The highest BCUT2D eigenvalue weighted by Gasteiger charge is 2.08. The van der Waals surface area contributed by atoms with E-state index in [1.54, 1.807) is 25.7 Å². The van der Waals surface area contributed by atoms with E-state index in [0.717, 1.165) is 5.56 Å². The van der Waals surface area contributed by atoms with E-state index in [0.29, 0.717) is 29.9 Å². The molecule has 7 heteroatoms. The molecule has 20 heavy (non-hydrogen) atoms. The van der Waals surface area contributed by atoms with Gasteiger partial charge in [0, 0.05) is 26.0 Å². The maximum Gasteiger partial charge on any atom is 0.283 e. The lowest BCUT2D eigenvalue weighted by Gasteiger charge is -2.10. The van der Waals surface area contributed by atoms with Crippen molar-refractivity contribution in [1.82, 2.24) is 14.8 Å². The first-order chi connectivity index (χ1) is 9.72. The molecule has 106 valence electrons. The summed E-state index contributed by atoms with van der Waals surface area (Å²) in [6.07, 6.45) is 5.09. The van der Waals surface area contributed by atoms with Crippen molar-refractivity contribution >= 4 is 21.6 Å². The molecule has 0 aliphatic carbocycles. The second-order valence-electron chi connectivity index (χ2n) is 4.10. The van der Waals surface area contributed by atoms with Gasteiger partial charge in [-0.2, -0.15) is 5.10 Å². The molecule has 2 aromatic heterocycles. The third-order valence-electron chi connectivity index (χ3n) is 2.72. The number of halogens is 1. The van der Waals surface area contributed by atoms with Gasteiger partial charge in [-0.25, -0.2) is 4.68 Å². The summed E-state index contributed by atoms with van der Waals surface area (Å²) in [6, 6.07) is 3.82. The van der Waals surface area contributed by atoms with Crippen molar-refractivity contribution in [2.24, 2.45) is 0 Å². The van der Waals surface area contributed by atoms with Gasteiger partial charge in [0.1, 0.15) is 4.47 Å². The molecular formula is C13H15BrN4O2. The highest BCUT2D eigenvalue weighted by atomic mass is 79.9. The predicted octanol–water partition coefficient (Wildman–Crippen LogP) is 1.66. The van der Waals surface area contributed by atoms with Crippen LogP contribution in [0.5, 0.6) is 0 Å². The van der Waals surface area contributed by atoms with Crippen molar-refractivity contribution in [2.75, 3.05) is 19.0 Å². The molecule has 0 fully saturated rings. The van der Waals surface area contributed by atoms with Crippen LogP contribution in [0.4, 0.5) is 5.69 Å². The third-order valence-corrected chi connectivity index (χ3v) is 3.49. The Morgan fingerprint density at radius 1 is 1.40 bits per heavy atom. The van der Waals surface area contributed by atoms with Crippen LogP contribution < -0.4 is 10.9 Å². The van der Waals surface area contributed by atoms with Crippen molar-refractivity contribution in [3.63, 3.8) is 0 Å². The van der Waals surface area contributed by atoms with Gasteiger partial charge in [-0.15, -0.1) is 0 Å². The van der Waals surface area contributed by atoms with Crippen molar-refractivity contribution in [2.45, 2.75) is 13.1 Å². The first-order valence-corrected chi connectivity index (χ1v) is 6.89. The number of pyridine rings is 1. The molecule has 0 saturated carbocycles. The summed E-state index contributed by atoms with van der Waals surface area (Å²) < 4.78 is 6.78. The summed E-state index contributed by atoms with van der Waals surface area (Å²) >= 11 is 3.31. The number of methoxy groups -OCH3 is 1. The van der Waals surface area contributed by atoms with Crippen LogP contribution in [0.2, 0.25) is 0 Å². The molecule has 0 unspecified atom stereocenters. The molecule has 2 aromatic rings. The molecule has 0 amide bonds. The van der Waals surface area contributed by atoms with Gasteiger partial charge in [-0.3, -0.25) is 9.78 Å². The van der Waals surface area contributed by atoms with Gasteiger partial charge in [-0.05, 0) is 33.6 Å². The standard InChI is InChI=1S/C13H15BrN4O2/c1-20-7-6-18-13(19)12(14)11(9-17-18)16-8-10-2-4-15-5-3-10/h2-5,9,16H,6-8H2,1H3. The minimum atomic E-state index is -0.179. The molecule has 0 spiro atoms. The number of hydrogen-bond acceptors (Lipinski definition) is 5. The number of rotatable bonds is 6. The molecule has 2 heterocycles. The van der Waals surface area contributed by atoms with Crippen LogP contribution in [0.15, 0.2) is 40.0 Å². The Labute approximate surface area is 124 Å². The molecule has 2 rings (SSSR count). The Hall–Kier alpha value is -1.73. The molecule has 0 bridgehead atoms. The van der Waals surface area contributed by atoms with E-state index >= 15 is 0 Å². The van der Waals surface area contributed by atoms with Crippen LogP contribution in [0.1, 0.15) is 5.56 Å². The van der Waals surface area contributed by atoms with Crippen molar-refractivity contribution in [3.8, 4) is 0 Å². The number of nitrogens with zero attached hydrogens (tertiary/aromatic N) is 3. The summed E-state index contributed by atoms with van der Waals surface area (Å²) in [6.45, 7) is 1.48. The maximum atomic E-state index is 12.1. The average Bonchev–Trinajstić information content (AvgIpc) is 2.49. The average molecular weight is 339 g/mol. The zero-order chi connectivity index (χ0) is 14.4. The fourth-order valence-electron chi connectivity index (χ4n) is 1.62. The number of nitrogens with one attached hydrogen (secondary N) is 1. The summed E-state index contributed by atoms with van der Waals surface area (Å²) in [7, 11) is 1.59. The second kappa shape index (κ2) is 7.16. The lowest BCUT2D eigenvalue weighted by atomic mass is 10.2. The van der Waals surface area contributed by atoms with Crippen LogP contribution >= 0.6 is 15.9 Å². The van der Waals surface area contributed by atoms with E-state index < -0.39 is 0 Å². The Morgan fingerprint density at radius 2 is 2.15 bits per heavy atom. The van der Waals surface area contributed by atoms with Crippen LogP contribution in [0, 0.1) is 0 Å². The number of hydrogen-bond donors (Lipinski definition) is 1. The summed E-state index contributed by atoms with van der Waals surface area (Å²) in [5, 5.41) is 7.28. The fourth-order valence-corrected chi connectivity index (χ4v) is 2.07. The number of aromatic nitrogens is 3. The molecule has 0 atom stereocenters. The Balaban J connectivity index is 2.09. The van der Waals surface area contributed by atoms with Gasteiger partial charge < -0.3 is 10.1 Å². The van der Waals surface area contributed by atoms with E-state index in [2.05, 4.69) is 31.3 Å². The second-order valence-corrected chi connectivity index (χ2v) is 4.90. The van der Waals surface area contributed by atoms with E-state index in [1.807, 2.05) is 12.1 Å². The minimum absolute atomic E-state index is 0.179. The van der Waals surface area contributed by atoms with Crippen LogP contribution in [0.25, 0.3) is 0 Å². The van der Waals surface area contributed by atoms with Crippen LogP contribution in [-0.2, 0) is 17.8 Å². The van der Waals surface area contributed by atoms with Gasteiger partial charge in [0.05, 0.1) is 25.0 Å². The predicted molar refractivity (Wildman–Crippen MR) is 79.6 cm³/mol. The monoisotopic (exact) mass is 338 g/mol. The Bertz CT molecular complexity index is 616. The summed E-state index contributed by atoms with van der Waals surface area (Å²) in [4.78, 5) is 16.0. The van der Waals surface area contributed by atoms with Crippen molar-refractivity contribution in [3.05, 3.63) is 51.1 Å². The van der Waals surface area contributed by atoms with E-state index in [1.165, 1.54) is 4.68 Å². The quantitative estimate of drug-likeness (QED) is 0.867. The molecule has 0 radical (unpaired) electrons. The van der Waals surface area contributed by atoms with E-state index in [4.69, 9.17) is 4.74 Å². The third kappa shape index (κ3) is 3.64. The highest BCUT2D eigenvalue weighted by molar-refractivity contribution is 9.10. The molecule has 0 saturated heterocycles. The SMILES string of the molecule is COCCn1ncc(NCc2ccncc2)c(Br)c1=O. The maximum absolute atomic E-state index is 12.1. The minimum Gasteiger partial charge on any atom is -0.383 e. The van der Waals surface area contributed by atoms with Gasteiger partial charge >= 0.3 is 0 Å². The molecule has 0 aliphatic rings. The first kappa shape index (κ1) is 14.7. The van der Waals surface area contributed by atoms with Gasteiger partial charge in [0.2, 0.25) is 0 Å². The Morgan fingerprint density at radius 3 is 2.85 bits per heavy atom. The molecule has 0 aromatic carbocycles. The van der Waals surface area contributed by atoms with Crippen LogP contribution in [0.3, 0.4) is 0 Å². The number of anilines is 1. The topological polar surface area (TPSA) is 69.0 Å². The highest BCUT2D eigenvalue weighted by Crippen LogP contribution is 2.16.